The molecule has 3 nitrogen and oxygen atoms in total. The Bertz CT molecular complexity index is 570. The summed E-state index contributed by atoms with van der Waals surface area (Å²) < 4.78 is 0. The number of anilines is 1. The molecule has 0 radical (unpaired) electrons. The Morgan fingerprint density at radius 3 is 2.59 bits per heavy atom. The molecule has 2 N–H and O–H groups in total. The number of rotatable bonds is 2. The average molecular weight is 245 g/mol. The monoisotopic (exact) mass is 245 g/mol. The summed E-state index contributed by atoms with van der Waals surface area (Å²) in [5.41, 5.74) is 7.99. The maximum Gasteiger partial charge on any atom is 0.134 e. The van der Waals surface area contributed by atoms with Gasteiger partial charge in [-0.1, -0.05) is 0 Å². The third-order valence-corrected chi connectivity index (χ3v) is 4.12. The lowest BCUT2D eigenvalue weighted by molar-refractivity contribution is 0.929. The minimum atomic E-state index is 0.540. The first-order valence-electron chi connectivity index (χ1n) is 5.86. The molecule has 2 aromatic heterocycles. The SMILES string of the molecule is Cc1ccc(-c2nc(C3CC3)nc(N)c2C)s1. The molecule has 0 aromatic carbocycles. The molecule has 1 fully saturated rings. The van der Waals surface area contributed by atoms with Gasteiger partial charge in [-0.25, -0.2) is 9.97 Å². The first-order chi connectivity index (χ1) is 8.15. The minimum absolute atomic E-state index is 0.540. The van der Waals surface area contributed by atoms with Gasteiger partial charge >= 0.3 is 0 Å². The van der Waals surface area contributed by atoms with E-state index in [0.29, 0.717) is 11.7 Å². The number of nitrogen functional groups attached to an aromatic ring is 1. The van der Waals surface area contributed by atoms with Gasteiger partial charge in [0, 0.05) is 16.4 Å². The number of thiophene rings is 1. The molecule has 4 heteroatoms. The highest BCUT2D eigenvalue weighted by Crippen LogP contribution is 2.40. The largest absolute Gasteiger partial charge is 0.383 e. The molecule has 0 amide bonds. The van der Waals surface area contributed by atoms with Crippen molar-refractivity contribution in [3.63, 3.8) is 0 Å². The van der Waals surface area contributed by atoms with E-state index in [-0.39, 0.29) is 0 Å². The van der Waals surface area contributed by atoms with Crippen LogP contribution in [0.4, 0.5) is 5.82 Å². The molecule has 1 aliphatic rings. The van der Waals surface area contributed by atoms with Crippen molar-refractivity contribution in [3.8, 4) is 10.6 Å². The topological polar surface area (TPSA) is 51.8 Å². The normalized spacial score (nSPS) is 15.2. The van der Waals surface area contributed by atoms with Gasteiger partial charge in [-0.2, -0.15) is 0 Å². The zero-order valence-corrected chi connectivity index (χ0v) is 10.8. The van der Waals surface area contributed by atoms with Gasteiger partial charge in [-0.15, -0.1) is 11.3 Å². The Morgan fingerprint density at radius 2 is 2.00 bits per heavy atom. The molecule has 1 aliphatic carbocycles. The number of nitrogens with two attached hydrogens (primary N) is 1. The molecule has 2 heterocycles. The van der Waals surface area contributed by atoms with Gasteiger partial charge in [0.05, 0.1) is 10.6 Å². The van der Waals surface area contributed by atoms with E-state index in [1.807, 2.05) is 6.92 Å². The van der Waals surface area contributed by atoms with Crippen LogP contribution in [-0.2, 0) is 0 Å². The van der Waals surface area contributed by atoms with Crippen LogP contribution in [0.25, 0.3) is 10.6 Å². The van der Waals surface area contributed by atoms with Gasteiger partial charge in [0.25, 0.3) is 0 Å². The molecule has 3 rings (SSSR count). The number of aromatic nitrogens is 2. The summed E-state index contributed by atoms with van der Waals surface area (Å²) in [6.45, 7) is 4.10. The lowest BCUT2D eigenvalue weighted by Crippen LogP contribution is -2.03. The number of hydrogen-bond acceptors (Lipinski definition) is 4. The standard InChI is InChI=1S/C13H15N3S/c1-7-3-6-10(17-7)11-8(2)12(14)16-13(15-11)9-4-5-9/h3,6,9H,4-5H2,1-2H3,(H2,14,15,16). The molecule has 2 aromatic rings. The van der Waals surface area contributed by atoms with Crippen molar-refractivity contribution < 1.29 is 0 Å². The molecular weight excluding hydrogens is 230 g/mol. The van der Waals surface area contributed by atoms with Crippen molar-refractivity contribution in [2.24, 2.45) is 0 Å². The van der Waals surface area contributed by atoms with Crippen molar-refractivity contribution in [1.82, 2.24) is 9.97 Å². The molecular formula is C13H15N3S. The number of aryl methyl sites for hydroxylation is 1. The van der Waals surface area contributed by atoms with Crippen LogP contribution in [0.2, 0.25) is 0 Å². The zero-order chi connectivity index (χ0) is 12.0. The van der Waals surface area contributed by atoms with E-state index in [0.717, 1.165) is 17.1 Å². The van der Waals surface area contributed by atoms with Crippen LogP contribution < -0.4 is 5.73 Å². The molecule has 88 valence electrons. The minimum Gasteiger partial charge on any atom is -0.383 e. The summed E-state index contributed by atoms with van der Waals surface area (Å²) in [4.78, 5) is 11.6. The predicted octanol–water partition coefficient (Wildman–Crippen LogP) is 3.28. The van der Waals surface area contributed by atoms with Crippen molar-refractivity contribution in [2.45, 2.75) is 32.6 Å². The molecule has 0 spiro atoms. The van der Waals surface area contributed by atoms with E-state index in [1.54, 1.807) is 11.3 Å². The second-order valence-corrected chi connectivity index (χ2v) is 5.91. The Morgan fingerprint density at radius 1 is 1.24 bits per heavy atom. The fraction of sp³-hybridized carbons (Fsp3) is 0.385. The van der Waals surface area contributed by atoms with Crippen molar-refractivity contribution in [3.05, 3.63) is 28.4 Å². The molecule has 0 bridgehead atoms. The first-order valence-corrected chi connectivity index (χ1v) is 6.67. The lowest BCUT2D eigenvalue weighted by Gasteiger charge is -2.08. The highest BCUT2D eigenvalue weighted by molar-refractivity contribution is 7.15. The predicted molar refractivity (Wildman–Crippen MR) is 71.2 cm³/mol. The van der Waals surface area contributed by atoms with E-state index >= 15 is 0 Å². The second kappa shape index (κ2) is 3.81. The van der Waals surface area contributed by atoms with Crippen LogP contribution in [0.5, 0.6) is 0 Å². The molecule has 0 saturated heterocycles. The smallest absolute Gasteiger partial charge is 0.134 e. The third kappa shape index (κ3) is 1.93. The van der Waals surface area contributed by atoms with Gasteiger partial charge in [0.15, 0.2) is 0 Å². The van der Waals surface area contributed by atoms with Crippen molar-refractivity contribution >= 4 is 17.2 Å². The van der Waals surface area contributed by atoms with E-state index in [9.17, 15) is 0 Å². The van der Waals surface area contributed by atoms with Crippen LogP contribution in [0.15, 0.2) is 12.1 Å². The van der Waals surface area contributed by atoms with E-state index in [4.69, 9.17) is 10.7 Å². The van der Waals surface area contributed by atoms with Crippen LogP contribution >= 0.6 is 11.3 Å². The van der Waals surface area contributed by atoms with Crippen LogP contribution in [0, 0.1) is 13.8 Å². The van der Waals surface area contributed by atoms with E-state index in [2.05, 4.69) is 24.0 Å². The molecule has 0 aliphatic heterocycles. The van der Waals surface area contributed by atoms with E-state index < -0.39 is 0 Å². The quantitative estimate of drug-likeness (QED) is 0.883. The van der Waals surface area contributed by atoms with Crippen molar-refractivity contribution in [1.29, 1.82) is 0 Å². The lowest BCUT2D eigenvalue weighted by atomic mass is 10.2. The average Bonchev–Trinajstić information content (AvgIpc) is 3.05. The van der Waals surface area contributed by atoms with Crippen LogP contribution in [0.3, 0.4) is 0 Å². The Hall–Kier alpha value is -1.42. The fourth-order valence-electron chi connectivity index (χ4n) is 1.88. The van der Waals surface area contributed by atoms with Gasteiger partial charge in [0.2, 0.25) is 0 Å². The number of nitrogens with zero attached hydrogens (tertiary/aromatic N) is 2. The van der Waals surface area contributed by atoms with Crippen LogP contribution in [-0.4, -0.2) is 9.97 Å². The van der Waals surface area contributed by atoms with Crippen LogP contribution in [0.1, 0.15) is 35.0 Å². The maximum absolute atomic E-state index is 5.98. The first kappa shape index (κ1) is 10.7. The Labute approximate surface area is 105 Å². The van der Waals surface area contributed by atoms with Gasteiger partial charge < -0.3 is 5.73 Å². The van der Waals surface area contributed by atoms with Crippen molar-refractivity contribution in [2.75, 3.05) is 5.73 Å². The second-order valence-electron chi connectivity index (χ2n) is 4.63. The highest BCUT2D eigenvalue weighted by Gasteiger charge is 2.28. The summed E-state index contributed by atoms with van der Waals surface area (Å²) in [6.07, 6.45) is 2.40. The molecule has 1 saturated carbocycles. The Kier molecular flexibility index (Phi) is 2.40. The van der Waals surface area contributed by atoms with Gasteiger partial charge in [0.1, 0.15) is 11.6 Å². The van der Waals surface area contributed by atoms with Gasteiger partial charge in [-0.05, 0) is 38.8 Å². The Balaban J connectivity index is 2.13. The highest BCUT2D eigenvalue weighted by atomic mass is 32.1. The summed E-state index contributed by atoms with van der Waals surface area (Å²) in [5.74, 6) is 2.09. The maximum atomic E-state index is 5.98. The fourth-order valence-corrected chi connectivity index (χ4v) is 2.79. The molecule has 0 atom stereocenters. The summed E-state index contributed by atoms with van der Waals surface area (Å²) in [6, 6.07) is 4.24. The molecule has 0 unspecified atom stereocenters. The molecule has 17 heavy (non-hydrogen) atoms. The summed E-state index contributed by atoms with van der Waals surface area (Å²) >= 11 is 1.76. The van der Waals surface area contributed by atoms with E-state index in [1.165, 1.54) is 22.6 Å². The summed E-state index contributed by atoms with van der Waals surface area (Å²) in [5, 5.41) is 0. The third-order valence-electron chi connectivity index (χ3n) is 3.12. The van der Waals surface area contributed by atoms with Gasteiger partial charge in [-0.3, -0.25) is 0 Å². The zero-order valence-electron chi connectivity index (χ0n) is 10.0. The summed E-state index contributed by atoms with van der Waals surface area (Å²) in [7, 11) is 0. The number of hydrogen-bond donors (Lipinski definition) is 1.